The molecule has 2 atom stereocenters. The van der Waals surface area contributed by atoms with Gasteiger partial charge in [-0.05, 0) is 45.1 Å². The Bertz CT molecular complexity index is 961. The Morgan fingerprint density at radius 3 is 2.32 bits per heavy atom. The van der Waals surface area contributed by atoms with E-state index in [2.05, 4.69) is 20.7 Å². The van der Waals surface area contributed by atoms with Gasteiger partial charge < -0.3 is 25.4 Å². The van der Waals surface area contributed by atoms with E-state index in [1.54, 1.807) is 38.1 Å². The molecule has 37 heavy (non-hydrogen) atoms. The molecule has 0 aliphatic heterocycles. The first-order chi connectivity index (χ1) is 17.6. The molecule has 1 aromatic rings. The van der Waals surface area contributed by atoms with Gasteiger partial charge in [-0.3, -0.25) is 14.4 Å². The molecule has 0 bridgehead atoms. The van der Waals surface area contributed by atoms with Crippen LogP contribution in [0.5, 0.6) is 0 Å². The summed E-state index contributed by atoms with van der Waals surface area (Å²) in [4.78, 5) is 63.8. The molecular formula is C25H36N5O7+. The summed E-state index contributed by atoms with van der Waals surface area (Å²) in [6.07, 6.45) is 0.587. The van der Waals surface area contributed by atoms with Crippen molar-refractivity contribution in [1.82, 2.24) is 16.0 Å². The molecular weight excluding hydrogens is 482 g/mol. The number of esters is 1. The highest BCUT2D eigenvalue weighted by molar-refractivity contribution is 6.25. The lowest BCUT2D eigenvalue weighted by atomic mass is 10.1. The quantitative estimate of drug-likeness (QED) is 0.0845. The molecule has 0 saturated heterocycles. The zero-order chi connectivity index (χ0) is 27.6. The molecule has 0 radical (unpaired) electrons. The van der Waals surface area contributed by atoms with Crippen molar-refractivity contribution in [1.29, 1.82) is 5.53 Å². The topological polar surface area (TPSA) is 178 Å². The predicted octanol–water partition coefficient (Wildman–Crippen LogP) is 1.68. The van der Waals surface area contributed by atoms with E-state index in [0.29, 0.717) is 19.4 Å². The Morgan fingerprint density at radius 2 is 1.70 bits per heavy atom. The van der Waals surface area contributed by atoms with Crippen molar-refractivity contribution in [3.8, 4) is 0 Å². The highest BCUT2D eigenvalue weighted by atomic mass is 16.6. The molecule has 0 saturated carbocycles. The minimum absolute atomic E-state index is 0.00650. The standard InChI is InChI=1S/C25H35N5O7/c1-17(2)37-24(34)22(13-12-20(32)15-28-26)29-23(33)21(11-7-8-14-27-18(3)31)30-25(35)36-16-19-9-5-4-6-10-19/h4-6,9-10,15,17,21-22,26H,7-8,11-14,16H2,1-3H3,(H2-,27,29,30,31,33,35)/p+1/t21-,22-/m0/s1. The molecule has 1 rings (SSSR count). The fourth-order valence-electron chi connectivity index (χ4n) is 3.17. The number of rotatable bonds is 16. The van der Waals surface area contributed by atoms with Gasteiger partial charge in [0.2, 0.25) is 17.6 Å². The van der Waals surface area contributed by atoms with Crippen molar-refractivity contribution >= 4 is 35.9 Å². The lowest BCUT2D eigenvalue weighted by Crippen LogP contribution is -2.52. The maximum absolute atomic E-state index is 13.1. The maximum atomic E-state index is 13.1. The van der Waals surface area contributed by atoms with Gasteiger partial charge in [0, 0.05) is 19.9 Å². The number of ether oxygens (including phenoxy) is 2. The van der Waals surface area contributed by atoms with E-state index in [0.717, 1.165) is 11.8 Å². The van der Waals surface area contributed by atoms with E-state index in [1.165, 1.54) is 6.92 Å². The van der Waals surface area contributed by atoms with E-state index >= 15 is 0 Å². The van der Waals surface area contributed by atoms with Crippen molar-refractivity contribution in [3.05, 3.63) is 35.9 Å². The molecule has 12 nitrogen and oxygen atoms in total. The number of carbonyl (C=O) groups is 5. The number of nitrogens with zero attached hydrogens (tertiary/aromatic N) is 1. The van der Waals surface area contributed by atoms with Crippen LogP contribution < -0.4 is 16.0 Å². The van der Waals surface area contributed by atoms with Crippen molar-refractivity contribution < 1.29 is 38.2 Å². The molecule has 0 aromatic heterocycles. The van der Waals surface area contributed by atoms with Crippen molar-refractivity contribution in [3.63, 3.8) is 0 Å². The van der Waals surface area contributed by atoms with E-state index in [-0.39, 0.29) is 31.8 Å². The molecule has 1 aromatic carbocycles. The Kier molecular flexibility index (Phi) is 14.6. The second kappa shape index (κ2) is 17.4. The Hall–Kier alpha value is -4.05. The Balaban J connectivity index is 2.88. The molecule has 3 amide bonds. The largest absolute Gasteiger partial charge is 0.461 e. The molecule has 4 N–H and O–H groups in total. The van der Waals surface area contributed by atoms with Crippen LogP contribution in [0.4, 0.5) is 4.79 Å². The summed E-state index contributed by atoms with van der Waals surface area (Å²) in [5.41, 5.74) is 7.52. The van der Waals surface area contributed by atoms with Gasteiger partial charge in [-0.15, -0.1) is 0 Å². The van der Waals surface area contributed by atoms with Gasteiger partial charge in [-0.1, -0.05) is 30.3 Å². The normalized spacial score (nSPS) is 11.9. The van der Waals surface area contributed by atoms with Crippen LogP contribution in [0.1, 0.15) is 58.4 Å². The van der Waals surface area contributed by atoms with Crippen LogP contribution >= 0.6 is 0 Å². The van der Waals surface area contributed by atoms with Crippen LogP contribution in [0.25, 0.3) is 0 Å². The zero-order valence-corrected chi connectivity index (χ0v) is 21.5. The monoisotopic (exact) mass is 518 g/mol. The third-order valence-electron chi connectivity index (χ3n) is 4.96. The number of alkyl carbamates (subject to hydrolysis) is 1. The van der Waals surface area contributed by atoms with Gasteiger partial charge in [-0.2, -0.15) is 0 Å². The second-order valence-corrected chi connectivity index (χ2v) is 8.55. The molecule has 0 aliphatic rings. The average Bonchev–Trinajstić information content (AvgIpc) is 2.84. The molecule has 0 spiro atoms. The van der Waals surface area contributed by atoms with Crippen LogP contribution in [0, 0.1) is 5.53 Å². The third kappa shape index (κ3) is 14.2. The maximum Gasteiger partial charge on any atom is 0.408 e. The van der Waals surface area contributed by atoms with Gasteiger partial charge in [0.25, 0.3) is 0 Å². The number of amides is 3. The highest BCUT2D eigenvalue weighted by Gasteiger charge is 2.29. The summed E-state index contributed by atoms with van der Waals surface area (Å²) in [7, 11) is 0. The van der Waals surface area contributed by atoms with Crippen molar-refractivity contribution in [2.75, 3.05) is 6.54 Å². The number of unbranched alkanes of at least 4 members (excludes halogenated alkanes) is 1. The fraction of sp³-hybridized carbons (Fsp3) is 0.520. The van der Waals surface area contributed by atoms with Gasteiger partial charge >= 0.3 is 18.3 Å². The minimum atomic E-state index is -1.15. The highest BCUT2D eigenvalue weighted by Crippen LogP contribution is 2.08. The SMILES string of the molecule is CC(=O)NCCCC[C@H](NC(=O)OCc1ccccc1)C(=O)N[C@@H](CCC(=O)C=[N+]=N)C(=O)OC(C)C. The van der Waals surface area contributed by atoms with Crippen LogP contribution in [0.3, 0.4) is 0 Å². The van der Waals surface area contributed by atoms with Gasteiger partial charge in [0.1, 0.15) is 18.7 Å². The number of ketones is 1. The van der Waals surface area contributed by atoms with Crippen molar-refractivity contribution in [2.24, 2.45) is 0 Å². The smallest absolute Gasteiger partial charge is 0.408 e. The number of nitrogens with one attached hydrogen (secondary N) is 4. The van der Waals surface area contributed by atoms with Crippen LogP contribution in [0.2, 0.25) is 0 Å². The van der Waals surface area contributed by atoms with E-state index in [9.17, 15) is 24.0 Å². The number of hydrogen-bond acceptors (Lipinski definition) is 8. The number of benzene rings is 1. The van der Waals surface area contributed by atoms with Crippen LogP contribution in [0.15, 0.2) is 30.3 Å². The summed E-state index contributed by atoms with van der Waals surface area (Å²) in [6, 6.07) is 6.83. The predicted molar refractivity (Wildman–Crippen MR) is 133 cm³/mol. The van der Waals surface area contributed by atoms with Crippen molar-refractivity contribution in [2.45, 2.75) is 77.7 Å². The molecule has 12 heteroatoms. The summed E-state index contributed by atoms with van der Waals surface area (Å²) >= 11 is 0. The summed E-state index contributed by atoms with van der Waals surface area (Å²) in [5, 5.41) is 7.75. The number of carbonyl (C=O) groups excluding carboxylic acids is 5. The average molecular weight is 519 g/mol. The van der Waals surface area contributed by atoms with Gasteiger partial charge in [0.05, 0.1) is 16.4 Å². The van der Waals surface area contributed by atoms with E-state index in [1.807, 2.05) is 6.07 Å². The van der Waals surface area contributed by atoms with Gasteiger partial charge in [0.15, 0.2) is 0 Å². The first-order valence-electron chi connectivity index (χ1n) is 12.1. The van der Waals surface area contributed by atoms with E-state index < -0.39 is 41.9 Å². The lowest BCUT2D eigenvalue weighted by molar-refractivity contribution is -0.152. The number of Topliss-reactive ketones (excluding diaryl/α,β-unsaturated/α-hetero) is 1. The summed E-state index contributed by atoms with van der Waals surface area (Å²) < 4.78 is 10.4. The minimum Gasteiger partial charge on any atom is -0.461 e. The third-order valence-corrected chi connectivity index (χ3v) is 4.96. The molecule has 0 fully saturated rings. The van der Waals surface area contributed by atoms with Gasteiger partial charge in [-0.25, -0.2) is 9.59 Å². The lowest BCUT2D eigenvalue weighted by Gasteiger charge is -2.23. The second-order valence-electron chi connectivity index (χ2n) is 8.55. The Labute approximate surface area is 216 Å². The molecule has 0 unspecified atom stereocenters. The molecule has 0 heterocycles. The first-order valence-corrected chi connectivity index (χ1v) is 12.1. The number of hydrogen-bond donors (Lipinski definition) is 4. The summed E-state index contributed by atoms with van der Waals surface area (Å²) in [6.45, 7) is 5.11. The van der Waals surface area contributed by atoms with Crippen LogP contribution in [-0.2, 0) is 35.3 Å². The van der Waals surface area contributed by atoms with Crippen LogP contribution in [-0.4, -0.2) is 65.4 Å². The first kappa shape index (κ1) is 31.0. The molecule has 202 valence electrons. The molecule has 0 aliphatic carbocycles. The summed E-state index contributed by atoms with van der Waals surface area (Å²) in [5.74, 6) is -2.03. The van der Waals surface area contributed by atoms with E-state index in [4.69, 9.17) is 15.0 Å². The Morgan fingerprint density at radius 1 is 1.00 bits per heavy atom. The zero-order valence-electron chi connectivity index (χ0n) is 21.5. The fourth-order valence-corrected chi connectivity index (χ4v) is 3.17.